The van der Waals surface area contributed by atoms with Crippen molar-refractivity contribution in [3.8, 4) is 0 Å². The quantitative estimate of drug-likeness (QED) is 0.684. The normalized spacial score (nSPS) is 10.1. The van der Waals surface area contributed by atoms with Crippen molar-refractivity contribution in [1.29, 1.82) is 0 Å². The van der Waals surface area contributed by atoms with E-state index in [0.717, 1.165) is 5.56 Å². The van der Waals surface area contributed by atoms with Gasteiger partial charge in [-0.15, -0.1) is 0 Å². The van der Waals surface area contributed by atoms with E-state index in [0.29, 0.717) is 19.5 Å². The Labute approximate surface area is 95.0 Å². The molecular formula is C12H17FN2O. The fourth-order valence-corrected chi connectivity index (χ4v) is 1.25. The first-order chi connectivity index (χ1) is 7.83. The van der Waals surface area contributed by atoms with E-state index >= 15 is 0 Å². The summed E-state index contributed by atoms with van der Waals surface area (Å²) >= 11 is 0. The van der Waals surface area contributed by atoms with E-state index in [1.807, 2.05) is 30.3 Å². The summed E-state index contributed by atoms with van der Waals surface area (Å²) in [6.07, 6.45) is 0.450. The number of nitrogens with one attached hydrogen (secondary N) is 2. The number of carbonyl (C=O) groups excluding carboxylic acids is 1. The van der Waals surface area contributed by atoms with E-state index in [4.69, 9.17) is 0 Å². The molecule has 3 nitrogen and oxygen atoms in total. The van der Waals surface area contributed by atoms with E-state index in [-0.39, 0.29) is 19.1 Å². The average molecular weight is 224 g/mol. The summed E-state index contributed by atoms with van der Waals surface area (Å²) in [5.74, 6) is -0.0669. The Morgan fingerprint density at radius 1 is 1.25 bits per heavy atom. The Morgan fingerprint density at radius 2 is 2.00 bits per heavy atom. The van der Waals surface area contributed by atoms with Crippen LogP contribution in [-0.4, -0.2) is 25.7 Å². The smallest absolute Gasteiger partial charge is 0.234 e. The third-order valence-corrected chi connectivity index (χ3v) is 2.11. The lowest BCUT2D eigenvalue weighted by atomic mass is 10.2. The van der Waals surface area contributed by atoms with Crippen molar-refractivity contribution in [3.05, 3.63) is 35.9 Å². The van der Waals surface area contributed by atoms with Crippen LogP contribution in [0.15, 0.2) is 30.3 Å². The maximum atomic E-state index is 11.7. The first kappa shape index (κ1) is 12.6. The third kappa shape index (κ3) is 5.46. The predicted octanol–water partition coefficient (Wildman–Crippen LogP) is 1.25. The molecule has 0 fully saturated rings. The van der Waals surface area contributed by atoms with Gasteiger partial charge in [0, 0.05) is 6.54 Å². The number of hydrogen-bond donors (Lipinski definition) is 2. The van der Waals surface area contributed by atoms with Gasteiger partial charge in [0.05, 0.1) is 13.2 Å². The first-order valence-electron chi connectivity index (χ1n) is 5.40. The van der Waals surface area contributed by atoms with Crippen LogP contribution in [0.5, 0.6) is 0 Å². The van der Waals surface area contributed by atoms with E-state index < -0.39 is 0 Å². The molecule has 0 saturated carbocycles. The number of amides is 1. The van der Waals surface area contributed by atoms with E-state index in [1.165, 1.54) is 0 Å². The van der Waals surface area contributed by atoms with E-state index in [2.05, 4.69) is 10.6 Å². The lowest BCUT2D eigenvalue weighted by Crippen LogP contribution is -2.33. The molecule has 0 unspecified atom stereocenters. The van der Waals surface area contributed by atoms with Crippen LogP contribution in [-0.2, 0) is 11.3 Å². The Hall–Kier alpha value is -1.42. The molecule has 16 heavy (non-hydrogen) atoms. The molecule has 0 aliphatic rings. The summed E-state index contributed by atoms with van der Waals surface area (Å²) in [4.78, 5) is 11.3. The molecule has 0 radical (unpaired) electrons. The highest BCUT2D eigenvalue weighted by molar-refractivity contribution is 5.77. The summed E-state index contributed by atoms with van der Waals surface area (Å²) in [6, 6.07) is 9.71. The topological polar surface area (TPSA) is 41.1 Å². The first-order valence-corrected chi connectivity index (χ1v) is 5.40. The summed E-state index contributed by atoms with van der Waals surface area (Å²) in [6.45, 7) is 0.963. The third-order valence-electron chi connectivity index (χ3n) is 2.11. The number of benzene rings is 1. The molecular weight excluding hydrogens is 207 g/mol. The fraction of sp³-hybridized carbons (Fsp3) is 0.417. The zero-order valence-electron chi connectivity index (χ0n) is 9.21. The highest BCUT2D eigenvalue weighted by Crippen LogP contribution is 1.96. The van der Waals surface area contributed by atoms with Crippen LogP contribution < -0.4 is 10.6 Å². The molecule has 4 heteroatoms. The highest BCUT2D eigenvalue weighted by atomic mass is 19.1. The molecule has 0 aromatic heterocycles. The second-order valence-electron chi connectivity index (χ2n) is 3.48. The maximum Gasteiger partial charge on any atom is 0.234 e. The van der Waals surface area contributed by atoms with Crippen LogP contribution in [0.25, 0.3) is 0 Å². The predicted molar refractivity (Wildman–Crippen MR) is 61.8 cm³/mol. The van der Waals surface area contributed by atoms with Crippen molar-refractivity contribution >= 4 is 5.91 Å². The molecule has 88 valence electrons. The van der Waals surface area contributed by atoms with Gasteiger partial charge in [-0.25, -0.2) is 0 Å². The van der Waals surface area contributed by atoms with Gasteiger partial charge in [-0.2, -0.15) is 0 Å². The number of rotatable bonds is 7. The average Bonchev–Trinajstić information content (AvgIpc) is 2.33. The van der Waals surface area contributed by atoms with Crippen LogP contribution in [0.2, 0.25) is 0 Å². The van der Waals surface area contributed by atoms with Gasteiger partial charge in [-0.05, 0) is 18.5 Å². The lowest BCUT2D eigenvalue weighted by Gasteiger charge is -2.06. The molecule has 0 heterocycles. The molecule has 0 atom stereocenters. The minimum Gasteiger partial charge on any atom is -0.351 e. The van der Waals surface area contributed by atoms with Gasteiger partial charge in [0.25, 0.3) is 0 Å². The Bertz CT molecular complexity index is 303. The van der Waals surface area contributed by atoms with Gasteiger partial charge in [-0.3, -0.25) is 9.18 Å². The molecule has 0 aliphatic heterocycles. The van der Waals surface area contributed by atoms with Gasteiger partial charge in [0.2, 0.25) is 5.91 Å². The highest BCUT2D eigenvalue weighted by Gasteiger charge is 1.99. The molecule has 1 amide bonds. The number of halogens is 1. The van der Waals surface area contributed by atoms with E-state index in [1.54, 1.807) is 0 Å². The van der Waals surface area contributed by atoms with Crippen molar-refractivity contribution < 1.29 is 9.18 Å². The van der Waals surface area contributed by atoms with Crippen LogP contribution in [0.1, 0.15) is 12.0 Å². The molecule has 1 rings (SSSR count). The van der Waals surface area contributed by atoms with Crippen LogP contribution in [0, 0.1) is 0 Å². The Morgan fingerprint density at radius 3 is 2.69 bits per heavy atom. The van der Waals surface area contributed by atoms with Gasteiger partial charge in [-0.1, -0.05) is 30.3 Å². The summed E-state index contributed by atoms with van der Waals surface area (Å²) in [5.41, 5.74) is 1.07. The van der Waals surface area contributed by atoms with Gasteiger partial charge >= 0.3 is 0 Å². The molecule has 1 aromatic carbocycles. The van der Waals surface area contributed by atoms with Crippen molar-refractivity contribution in [3.63, 3.8) is 0 Å². The molecule has 0 bridgehead atoms. The largest absolute Gasteiger partial charge is 0.351 e. The molecule has 2 N–H and O–H groups in total. The summed E-state index contributed by atoms with van der Waals surface area (Å²) in [5, 5.41) is 5.65. The van der Waals surface area contributed by atoms with Crippen molar-refractivity contribution in [1.82, 2.24) is 10.6 Å². The lowest BCUT2D eigenvalue weighted by molar-refractivity contribution is -0.120. The summed E-state index contributed by atoms with van der Waals surface area (Å²) in [7, 11) is 0. The number of hydrogen-bond acceptors (Lipinski definition) is 2. The number of alkyl halides is 1. The van der Waals surface area contributed by atoms with Crippen molar-refractivity contribution in [2.45, 2.75) is 13.0 Å². The van der Waals surface area contributed by atoms with Gasteiger partial charge < -0.3 is 10.6 Å². The van der Waals surface area contributed by atoms with Crippen LogP contribution in [0.3, 0.4) is 0 Å². The van der Waals surface area contributed by atoms with Gasteiger partial charge in [0.1, 0.15) is 0 Å². The fourth-order valence-electron chi connectivity index (χ4n) is 1.25. The molecule has 0 saturated heterocycles. The monoisotopic (exact) mass is 224 g/mol. The van der Waals surface area contributed by atoms with Gasteiger partial charge in [0.15, 0.2) is 0 Å². The Balaban J connectivity index is 2.11. The van der Waals surface area contributed by atoms with Crippen LogP contribution >= 0.6 is 0 Å². The second kappa shape index (κ2) is 7.82. The Kier molecular flexibility index (Phi) is 6.18. The zero-order valence-corrected chi connectivity index (χ0v) is 9.21. The van der Waals surface area contributed by atoms with E-state index in [9.17, 15) is 9.18 Å². The van der Waals surface area contributed by atoms with Crippen LogP contribution in [0.4, 0.5) is 4.39 Å². The second-order valence-corrected chi connectivity index (χ2v) is 3.48. The molecule has 0 spiro atoms. The van der Waals surface area contributed by atoms with Crippen molar-refractivity contribution in [2.75, 3.05) is 19.8 Å². The minimum absolute atomic E-state index is 0.0669. The zero-order chi connectivity index (χ0) is 11.6. The number of carbonyl (C=O) groups is 1. The maximum absolute atomic E-state index is 11.7. The molecule has 0 aliphatic carbocycles. The SMILES string of the molecule is O=C(CNCCCF)NCc1ccccc1. The standard InChI is InChI=1S/C12H17FN2O/c13-7-4-8-14-10-12(16)15-9-11-5-2-1-3-6-11/h1-3,5-6,14H,4,7-10H2,(H,15,16). The van der Waals surface area contributed by atoms with Crippen molar-refractivity contribution in [2.24, 2.45) is 0 Å². The minimum atomic E-state index is -0.349. The molecule has 1 aromatic rings. The summed E-state index contributed by atoms with van der Waals surface area (Å²) < 4.78 is 11.7.